The SMILES string of the molecule is Cl.NC(N)=NC(=O)c1ccc(F)c(Br)c1. The normalized spacial score (nSPS) is 8.93. The van der Waals surface area contributed by atoms with E-state index in [0.717, 1.165) is 6.07 Å². The maximum absolute atomic E-state index is 12.8. The second-order valence-corrected chi connectivity index (χ2v) is 3.33. The predicted octanol–water partition coefficient (Wildman–Crippen LogP) is 1.42. The maximum Gasteiger partial charge on any atom is 0.280 e. The van der Waals surface area contributed by atoms with Gasteiger partial charge >= 0.3 is 0 Å². The molecular formula is C8H8BrClFN3O. The van der Waals surface area contributed by atoms with Crippen LogP contribution in [-0.4, -0.2) is 11.9 Å². The van der Waals surface area contributed by atoms with Gasteiger partial charge in [-0.15, -0.1) is 12.4 Å². The zero-order valence-electron chi connectivity index (χ0n) is 7.41. The molecule has 7 heteroatoms. The average Bonchev–Trinajstić information content (AvgIpc) is 2.08. The molecule has 15 heavy (non-hydrogen) atoms. The van der Waals surface area contributed by atoms with E-state index in [1.165, 1.54) is 12.1 Å². The summed E-state index contributed by atoms with van der Waals surface area (Å²) in [6, 6.07) is 3.76. The van der Waals surface area contributed by atoms with Gasteiger partial charge in [-0.1, -0.05) is 0 Å². The Kier molecular flexibility index (Phi) is 5.24. The minimum absolute atomic E-state index is 0. The number of hydrogen-bond donors (Lipinski definition) is 2. The van der Waals surface area contributed by atoms with Crippen LogP contribution in [0.4, 0.5) is 4.39 Å². The van der Waals surface area contributed by atoms with Crippen molar-refractivity contribution in [1.82, 2.24) is 0 Å². The highest BCUT2D eigenvalue weighted by molar-refractivity contribution is 9.10. The first kappa shape index (κ1) is 13.9. The summed E-state index contributed by atoms with van der Waals surface area (Å²) < 4.78 is 13.0. The lowest BCUT2D eigenvalue weighted by Crippen LogP contribution is -2.24. The van der Waals surface area contributed by atoms with Crippen LogP contribution in [0.3, 0.4) is 0 Å². The van der Waals surface area contributed by atoms with Crippen LogP contribution >= 0.6 is 28.3 Å². The molecule has 82 valence electrons. The van der Waals surface area contributed by atoms with E-state index in [0.29, 0.717) is 0 Å². The highest BCUT2D eigenvalue weighted by atomic mass is 79.9. The molecule has 1 aromatic carbocycles. The Morgan fingerprint density at radius 2 is 2.00 bits per heavy atom. The van der Waals surface area contributed by atoms with Gasteiger partial charge in [0.25, 0.3) is 5.91 Å². The van der Waals surface area contributed by atoms with E-state index < -0.39 is 11.7 Å². The number of aliphatic imine (C=N–C) groups is 1. The van der Waals surface area contributed by atoms with Crippen LogP contribution in [0.2, 0.25) is 0 Å². The van der Waals surface area contributed by atoms with E-state index in [1.807, 2.05) is 0 Å². The standard InChI is InChI=1S/C8H7BrFN3O.ClH/c9-5-3-4(1-2-6(5)10)7(14)13-8(11)12;/h1-3H,(H4,11,12,13,14);1H. The van der Waals surface area contributed by atoms with E-state index in [2.05, 4.69) is 20.9 Å². The molecule has 0 aliphatic rings. The molecule has 0 fully saturated rings. The van der Waals surface area contributed by atoms with Crippen molar-refractivity contribution >= 4 is 40.2 Å². The summed E-state index contributed by atoms with van der Waals surface area (Å²) in [5, 5.41) is 0. The number of guanidine groups is 1. The molecule has 0 heterocycles. The summed E-state index contributed by atoms with van der Waals surface area (Å²) >= 11 is 2.94. The molecule has 0 aliphatic carbocycles. The smallest absolute Gasteiger partial charge is 0.280 e. The monoisotopic (exact) mass is 295 g/mol. The third kappa shape index (κ3) is 3.85. The number of nitrogens with two attached hydrogens (primary N) is 2. The number of carbonyl (C=O) groups is 1. The van der Waals surface area contributed by atoms with Crippen LogP contribution in [0.15, 0.2) is 27.7 Å². The van der Waals surface area contributed by atoms with Gasteiger partial charge in [-0.3, -0.25) is 4.79 Å². The quantitative estimate of drug-likeness (QED) is 0.607. The van der Waals surface area contributed by atoms with E-state index in [9.17, 15) is 9.18 Å². The average molecular weight is 297 g/mol. The van der Waals surface area contributed by atoms with E-state index in [1.54, 1.807) is 0 Å². The topological polar surface area (TPSA) is 81.5 Å². The van der Waals surface area contributed by atoms with Crippen molar-refractivity contribution in [3.05, 3.63) is 34.1 Å². The fraction of sp³-hybridized carbons (Fsp3) is 0. The van der Waals surface area contributed by atoms with Crippen molar-refractivity contribution in [1.29, 1.82) is 0 Å². The van der Waals surface area contributed by atoms with Gasteiger partial charge in [0.1, 0.15) is 5.82 Å². The molecule has 4 nitrogen and oxygen atoms in total. The van der Waals surface area contributed by atoms with Gasteiger partial charge in [-0.05, 0) is 34.1 Å². The van der Waals surface area contributed by atoms with Crippen LogP contribution in [0.5, 0.6) is 0 Å². The van der Waals surface area contributed by atoms with Gasteiger partial charge in [-0.25, -0.2) is 4.39 Å². The summed E-state index contributed by atoms with van der Waals surface area (Å²) in [7, 11) is 0. The molecule has 1 rings (SSSR count). The summed E-state index contributed by atoms with van der Waals surface area (Å²) in [5.41, 5.74) is 10.3. The number of halogens is 3. The number of amides is 1. The minimum atomic E-state index is -0.606. The van der Waals surface area contributed by atoms with Gasteiger partial charge in [-0.2, -0.15) is 4.99 Å². The fourth-order valence-corrected chi connectivity index (χ4v) is 1.19. The first-order valence-electron chi connectivity index (χ1n) is 3.59. The van der Waals surface area contributed by atoms with Gasteiger partial charge in [0.2, 0.25) is 0 Å². The van der Waals surface area contributed by atoms with E-state index >= 15 is 0 Å². The fourth-order valence-electron chi connectivity index (χ4n) is 0.811. The Hall–Kier alpha value is -1.14. The Morgan fingerprint density at radius 1 is 1.40 bits per heavy atom. The lowest BCUT2D eigenvalue weighted by atomic mass is 10.2. The highest BCUT2D eigenvalue weighted by Crippen LogP contribution is 2.17. The first-order valence-corrected chi connectivity index (χ1v) is 4.39. The summed E-state index contributed by atoms with van der Waals surface area (Å²) in [6.07, 6.45) is 0. The lowest BCUT2D eigenvalue weighted by molar-refractivity contribution is 0.100. The molecule has 0 bridgehead atoms. The minimum Gasteiger partial charge on any atom is -0.370 e. The van der Waals surface area contributed by atoms with Crippen LogP contribution in [0, 0.1) is 5.82 Å². The molecule has 1 amide bonds. The lowest BCUT2D eigenvalue weighted by Gasteiger charge is -1.98. The van der Waals surface area contributed by atoms with E-state index in [-0.39, 0.29) is 28.4 Å². The Balaban J connectivity index is 0.00000196. The van der Waals surface area contributed by atoms with Gasteiger partial charge in [0.15, 0.2) is 5.96 Å². The van der Waals surface area contributed by atoms with E-state index in [4.69, 9.17) is 11.5 Å². The molecule has 0 unspecified atom stereocenters. The zero-order chi connectivity index (χ0) is 10.7. The van der Waals surface area contributed by atoms with Crippen LogP contribution in [0.1, 0.15) is 10.4 Å². The molecule has 1 aromatic rings. The number of rotatable bonds is 1. The molecule has 4 N–H and O–H groups in total. The molecule has 0 saturated carbocycles. The van der Waals surface area contributed by atoms with Crippen LogP contribution < -0.4 is 11.5 Å². The Labute approximate surface area is 100 Å². The van der Waals surface area contributed by atoms with Crippen molar-refractivity contribution in [3.8, 4) is 0 Å². The molecule has 0 aromatic heterocycles. The molecular weight excluding hydrogens is 288 g/mol. The molecule has 0 spiro atoms. The van der Waals surface area contributed by atoms with Crippen LogP contribution in [0.25, 0.3) is 0 Å². The number of carbonyl (C=O) groups excluding carboxylic acids is 1. The first-order chi connectivity index (χ1) is 6.50. The molecule has 0 saturated heterocycles. The maximum atomic E-state index is 12.8. The third-order valence-electron chi connectivity index (χ3n) is 1.40. The Morgan fingerprint density at radius 3 is 2.47 bits per heavy atom. The summed E-state index contributed by atoms with van der Waals surface area (Å²) in [6.45, 7) is 0. The van der Waals surface area contributed by atoms with Gasteiger partial charge in [0, 0.05) is 5.56 Å². The number of nitrogens with zero attached hydrogens (tertiary/aromatic N) is 1. The number of hydrogen-bond acceptors (Lipinski definition) is 1. The van der Waals surface area contributed by atoms with Crippen molar-refractivity contribution in [2.24, 2.45) is 16.5 Å². The molecule has 0 atom stereocenters. The van der Waals surface area contributed by atoms with Gasteiger partial charge < -0.3 is 11.5 Å². The zero-order valence-corrected chi connectivity index (χ0v) is 9.81. The summed E-state index contributed by atoms with van der Waals surface area (Å²) in [4.78, 5) is 14.5. The van der Waals surface area contributed by atoms with Crippen molar-refractivity contribution in [2.75, 3.05) is 0 Å². The van der Waals surface area contributed by atoms with Crippen molar-refractivity contribution < 1.29 is 9.18 Å². The second kappa shape index (κ2) is 5.67. The third-order valence-corrected chi connectivity index (χ3v) is 2.00. The summed E-state index contributed by atoms with van der Waals surface area (Å²) in [5.74, 6) is -1.38. The predicted molar refractivity (Wildman–Crippen MR) is 61.5 cm³/mol. The van der Waals surface area contributed by atoms with Crippen molar-refractivity contribution in [2.45, 2.75) is 0 Å². The Bertz CT molecular complexity index is 407. The number of benzene rings is 1. The molecule has 0 aliphatic heterocycles. The van der Waals surface area contributed by atoms with Gasteiger partial charge in [0.05, 0.1) is 4.47 Å². The van der Waals surface area contributed by atoms with Crippen LogP contribution in [-0.2, 0) is 0 Å². The second-order valence-electron chi connectivity index (χ2n) is 2.47. The largest absolute Gasteiger partial charge is 0.370 e. The molecule has 0 radical (unpaired) electrons. The highest BCUT2D eigenvalue weighted by Gasteiger charge is 2.07. The van der Waals surface area contributed by atoms with Crippen molar-refractivity contribution in [3.63, 3.8) is 0 Å².